The average Bonchev–Trinajstić information content (AvgIpc) is 2.82. The fourth-order valence-electron chi connectivity index (χ4n) is 1.68. The number of hydrogen-bond donors (Lipinski definition) is 1. The molecule has 0 fully saturated rings. The number of nitrogens with zero attached hydrogens (tertiary/aromatic N) is 3. The van der Waals surface area contributed by atoms with Gasteiger partial charge in [0, 0.05) is 25.3 Å². The van der Waals surface area contributed by atoms with Gasteiger partial charge in [0.25, 0.3) is 0 Å². The second-order valence-corrected chi connectivity index (χ2v) is 6.39. The van der Waals surface area contributed by atoms with Gasteiger partial charge >= 0.3 is 0 Å². The second-order valence-electron chi connectivity index (χ2n) is 4.50. The Labute approximate surface area is 115 Å². The molecule has 1 aromatic heterocycles. The topological polar surface area (TPSA) is 67.2 Å². The number of rotatable bonds is 8. The van der Waals surface area contributed by atoms with E-state index in [2.05, 4.69) is 17.0 Å². The highest BCUT2D eigenvalue weighted by molar-refractivity contribution is 7.89. The molecule has 0 aliphatic heterocycles. The van der Waals surface area contributed by atoms with E-state index in [1.54, 1.807) is 17.0 Å². The summed E-state index contributed by atoms with van der Waals surface area (Å²) < 4.78 is 27.9. The molecule has 1 N–H and O–H groups in total. The molecule has 0 bridgehead atoms. The highest BCUT2D eigenvalue weighted by Crippen LogP contribution is 2.17. The Morgan fingerprint density at radius 2 is 2.26 bits per heavy atom. The number of likely N-dealkylation sites (N-methyl/N-ethyl adjacent to an activating group) is 1. The van der Waals surface area contributed by atoms with Crippen molar-refractivity contribution in [3.63, 3.8) is 0 Å². The normalized spacial score (nSPS) is 12.3. The minimum Gasteiger partial charge on any atom is -0.318 e. The molecule has 0 radical (unpaired) electrons. The van der Waals surface area contributed by atoms with Crippen LogP contribution in [0.15, 0.2) is 29.9 Å². The first-order valence-electron chi connectivity index (χ1n) is 6.23. The molecule has 0 atom stereocenters. The minimum absolute atomic E-state index is 0.122. The highest BCUT2D eigenvalue weighted by atomic mass is 32.2. The maximum atomic E-state index is 12.5. The summed E-state index contributed by atoms with van der Waals surface area (Å²) in [7, 11) is -1.67. The first kappa shape index (κ1) is 15.9. The monoisotopic (exact) mass is 286 g/mol. The fourth-order valence-corrected chi connectivity index (χ4v) is 3.24. The van der Waals surface area contributed by atoms with Crippen molar-refractivity contribution in [3.05, 3.63) is 25.0 Å². The molecule has 1 heterocycles. The maximum Gasteiger partial charge on any atom is 0.246 e. The molecular weight excluding hydrogens is 264 g/mol. The van der Waals surface area contributed by atoms with Gasteiger partial charge in [0.15, 0.2) is 0 Å². The van der Waals surface area contributed by atoms with Crippen molar-refractivity contribution in [2.45, 2.75) is 31.3 Å². The number of aromatic nitrogens is 2. The summed E-state index contributed by atoms with van der Waals surface area (Å²) >= 11 is 0. The van der Waals surface area contributed by atoms with Crippen molar-refractivity contribution in [2.24, 2.45) is 0 Å². The van der Waals surface area contributed by atoms with Crippen molar-refractivity contribution in [3.8, 4) is 0 Å². The zero-order valence-electron chi connectivity index (χ0n) is 11.7. The van der Waals surface area contributed by atoms with Gasteiger partial charge in [-0.25, -0.2) is 8.42 Å². The summed E-state index contributed by atoms with van der Waals surface area (Å²) in [6.45, 7) is 8.95. The maximum absolute atomic E-state index is 12.5. The van der Waals surface area contributed by atoms with Crippen molar-refractivity contribution in [1.82, 2.24) is 19.4 Å². The van der Waals surface area contributed by atoms with E-state index in [0.717, 1.165) is 6.54 Å². The lowest BCUT2D eigenvalue weighted by molar-refractivity contribution is 0.383. The zero-order valence-corrected chi connectivity index (χ0v) is 12.5. The predicted octanol–water partition coefficient (Wildman–Crippen LogP) is 0.688. The predicted molar refractivity (Wildman–Crippen MR) is 75.4 cm³/mol. The van der Waals surface area contributed by atoms with Crippen molar-refractivity contribution in [2.75, 3.05) is 20.1 Å². The van der Waals surface area contributed by atoms with E-state index < -0.39 is 10.0 Å². The molecule has 0 saturated carbocycles. The molecule has 1 rings (SSSR count). The van der Waals surface area contributed by atoms with Crippen molar-refractivity contribution < 1.29 is 8.42 Å². The van der Waals surface area contributed by atoms with Crippen LogP contribution in [0, 0.1) is 0 Å². The van der Waals surface area contributed by atoms with Crippen LogP contribution in [0.1, 0.15) is 13.8 Å². The van der Waals surface area contributed by atoms with Gasteiger partial charge in [-0.2, -0.15) is 9.40 Å². The van der Waals surface area contributed by atoms with Gasteiger partial charge in [0.05, 0.1) is 12.7 Å². The van der Waals surface area contributed by atoms with Crippen molar-refractivity contribution >= 4 is 10.0 Å². The van der Waals surface area contributed by atoms with E-state index in [1.165, 1.54) is 10.5 Å². The summed E-state index contributed by atoms with van der Waals surface area (Å²) in [5.74, 6) is 0. The molecule has 0 aliphatic carbocycles. The molecule has 0 saturated heterocycles. The Hall–Kier alpha value is -1.18. The molecule has 0 aromatic carbocycles. The van der Waals surface area contributed by atoms with Crippen LogP contribution in [0.5, 0.6) is 0 Å². The van der Waals surface area contributed by atoms with Gasteiger partial charge in [-0.3, -0.25) is 4.68 Å². The van der Waals surface area contributed by atoms with Gasteiger partial charge in [-0.1, -0.05) is 6.08 Å². The molecule has 19 heavy (non-hydrogen) atoms. The van der Waals surface area contributed by atoms with Gasteiger partial charge < -0.3 is 5.32 Å². The van der Waals surface area contributed by atoms with Crippen LogP contribution >= 0.6 is 0 Å². The number of hydrogen-bond acceptors (Lipinski definition) is 4. The smallest absolute Gasteiger partial charge is 0.246 e. The Kier molecular flexibility index (Phi) is 5.71. The van der Waals surface area contributed by atoms with Gasteiger partial charge in [-0.05, 0) is 20.9 Å². The lowest BCUT2D eigenvalue weighted by Gasteiger charge is -2.23. The summed E-state index contributed by atoms with van der Waals surface area (Å²) in [4.78, 5) is 0.221. The van der Waals surface area contributed by atoms with E-state index in [4.69, 9.17) is 0 Å². The van der Waals surface area contributed by atoms with Crippen LogP contribution < -0.4 is 5.32 Å². The quantitative estimate of drug-likeness (QED) is 0.714. The number of sulfonamides is 1. The molecule has 1 aromatic rings. The van der Waals surface area contributed by atoms with Crippen LogP contribution in [0.25, 0.3) is 0 Å². The van der Waals surface area contributed by atoms with E-state index in [1.807, 2.05) is 20.9 Å². The van der Waals surface area contributed by atoms with Crippen LogP contribution in [0.4, 0.5) is 0 Å². The molecule has 0 unspecified atom stereocenters. The second kappa shape index (κ2) is 6.83. The SMILES string of the molecule is C=CCN(C(C)C)S(=O)(=O)c1cnn(CCNC)c1. The molecule has 0 amide bonds. The molecule has 108 valence electrons. The standard InChI is InChI=1S/C12H22N4O2S/c1-5-7-16(11(2)3)19(17,18)12-9-14-15(10-12)8-6-13-4/h5,9-11,13H,1,6-8H2,2-4H3. The van der Waals surface area contributed by atoms with Crippen LogP contribution in [-0.2, 0) is 16.6 Å². The molecule has 0 spiro atoms. The molecule has 6 nitrogen and oxygen atoms in total. The summed E-state index contributed by atoms with van der Waals surface area (Å²) in [6.07, 6.45) is 4.54. The van der Waals surface area contributed by atoms with Gasteiger partial charge in [0.1, 0.15) is 4.90 Å². The summed E-state index contributed by atoms with van der Waals surface area (Å²) in [5, 5.41) is 7.06. The Bertz CT molecular complexity index is 508. The first-order chi connectivity index (χ1) is 8.93. The third kappa shape index (κ3) is 3.89. The van der Waals surface area contributed by atoms with E-state index >= 15 is 0 Å². The minimum atomic E-state index is -3.51. The molecule has 7 heteroatoms. The lowest BCUT2D eigenvalue weighted by atomic mass is 10.4. The largest absolute Gasteiger partial charge is 0.318 e. The van der Waals surface area contributed by atoms with Gasteiger partial charge in [0.2, 0.25) is 10.0 Å². The fraction of sp³-hybridized carbons (Fsp3) is 0.583. The average molecular weight is 286 g/mol. The van der Waals surface area contributed by atoms with Gasteiger partial charge in [-0.15, -0.1) is 6.58 Å². The summed E-state index contributed by atoms with van der Waals surface area (Å²) in [6, 6.07) is -0.122. The van der Waals surface area contributed by atoms with E-state index in [-0.39, 0.29) is 10.9 Å². The Balaban J connectivity index is 2.98. The first-order valence-corrected chi connectivity index (χ1v) is 7.67. The third-order valence-corrected chi connectivity index (χ3v) is 4.69. The Morgan fingerprint density at radius 3 is 2.79 bits per heavy atom. The lowest BCUT2D eigenvalue weighted by Crippen LogP contribution is -2.36. The van der Waals surface area contributed by atoms with E-state index in [0.29, 0.717) is 13.1 Å². The zero-order chi connectivity index (χ0) is 14.5. The highest BCUT2D eigenvalue weighted by Gasteiger charge is 2.27. The summed E-state index contributed by atoms with van der Waals surface area (Å²) in [5.41, 5.74) is 0. The molecular formula is C12H22N4O2S. The van der Waals surface area contributed by atoms with Crippen molar-refractivity contribution in [1.29, 1.82) is 0 Å². The number of nitrogens with one attached hydrogen (secondary N) is 1. The van der Waals surface area contributed by atoms with E-state index in [9.17, 15) is 8.42 Å². The van der Waals surface area contributed by atoms with Crippen LogP contribution in [0.3, 0.4) is 0 Å². The van der Waals surface area contributed by atoms with Crippen LogP contribution in [-0.4, -0.2) is 48.7 Å². The van der Waals surface area contributed by atoms with Crippen LogP contribution in [0.2, 0.25) is 0 Å². The molecule has 0 aliphatic rings. The third-order valence-electron chi connectivity index (χ3n) is 2.69. The Morgan fingerprint density at radius 1 is 1.58 bits per heavy atom.